The molecule has 0 aliphatic heterocycles. The summed E-state index contributed by atoms with van der Waals surface area (Å²) in [5.74, 6) is -1.23. The van der Waals surface area contributed by atoms with Gasteiger partial charge in [0.15, 0.2) is 0 Å². The van der Waals surface area contributed by atoms with Crippen LogP contribution in [-0.2, 0) is 14.3 Å². The maximum atomic E-state index is 12.2. The molecule has 0 radical (unpaired) electrons. The van der Waals surface area contributed by atoms with Crippen LogP contribution in [0.5, 0.6) is 5.75 Å². The number of hydrogen-bond donors (Lipinski definition) is 2. The summed E-state index contributed by atoms with van der Waals surface area (Å²) in [6, 6.07) is 4.24. The van der Waals surface area contributed by atoms with Crippen LogP contribution < -0.4 is 15.4 Å². The molecular weight excluding hydrogens is 329 g/mol. The lowest BCUT2D eigenvalue weighted by molar-refractivity contribution is -0.274. The van der Waals surface area contributed by atoms with Gasteiger partial charge in [0.25, 0.3) is 0 Å². The van der Waals surface area contributed by atoms with Crippen molar-refractivity contribution in [1.29, 1.82) is 0 Å². The molecule has 0 saturated heterocycles. The number of carbonyl (C=O) groups is 2. The summed E-state index contributed by atoms with van der Waals surface area (Å²) in [7, 11) is 2.90. The van der Waals surface area contributed by atoms with Crippen molar-refractivity contribution in [3.05, 3.63) is 29.8 Å². The number of carbonyl (C=O) groups excluding carboxylic acids is 2. The van der Waals surface area contributed by atoms with Crippen molar-refractivity contribution >= 4 is 11.9 Å². The Kier molecular flexibility index (Phi) is 7.50. The van der Waals surface area contributed by atoms with Gasteiger partial charge in [0.2, 0.25) is 5.91 Å². The summed E-state index contributed by atoms with van der Waals surface area (Å²) in [6.07, 6.45) is -4.72. The van der Waals surface area contributed by atoms with E-state index in [0.29, 0.717) is 12.1 Å². The maximum Gasteiger partial charge on any atom is 0.573 e. The summed E-state index contributed by atoms with van der Waals surface area (Å²) in [5.41, 5.74) is 0.465. The molecule has 1 aromatic carbocycles. The number of alkyl halides is 3. The van der Waals surface area contributed by atoms with Gasteiger partial charge in [-0.15, -0.1) is 13.2 Å². The molecule has 24 heavy (non-hydrogen) atoms. The van der Waals surface area contributed by atoms with E-state index in [1.54, 1.807) is 7.05 Å². The van der Waals surface area contributed by atoms with Crippen molar-refractivity contribution in [3.63, 3.8) is 0 Å². The number of benzene rings is 1. The van der Waals surface area contributed by atoms with Crippen LogP contribution in [0.2, 0.25) is 0 Å². The first-order valence-electron chi connectivity index (χ1n) is 7.11. The average molecular weight is 348 g/mol. The molecule has 0 saturated carbocycles. The Balaban J connectivity index is 2.85. The molecule has 0 aliphatic carbocycles. The fourth-order valence-corrected chi connectivity index (χ4v) is 1.91. The summed E-state index contributed by atoms with van der Waals surface area (Å²) in [6.45, 7) is 0.454. The highest BCUT2D eigenvalue weighted by molar-refractivity contribution is 5.78. The number of nitrogens with one attached hydrogen (secondary N) is 2. The Morgan fingerprint density at radius 2 is 1.83 bits per heavy atom. The first-order valence-corrected chi connectivity index (χ1v) is 7.11. The lowest BCUT2D eigenvalue weighted by Crippen LogP contribution is -2.32. The minimum Gasteiger partial charge on any atom is -0.469 e. The van der Waals surface area contributed by atoms with Crippen molar-refractivity contribution in [2.45, 2.75) is 25.2 Å². The van der Waals surface area contributed by atoms with Crippen LogP contribution in [0.1, 0.15) is 24.4 Å². The zero-order valence-electron chi connectivity index (χ0n) is 13.3. The molecule has 0 heterocycles. The zero-order chi connectivity index (χ0) is 18.2. The van der Waals surface area contributed by atoms with Crippen LogP contribution in [0.4, 0.5) is 13.2 Å². The topological polar surface area (TPSA) is 76.7 Å². The second kappa shape index (κ2) is 9.11. The molecule has 1 amide bonds. The highest BCUT2D eigenvalue weighted by Crippen LogP contribution is 2.25. The SMILES string of the molecule is CNCCC(=O)NC(CC(=O)OC)c1ccc(OC(F)(F)F)cc1. The maximum absolute atomic E-state index is 12.2. The summed E-state index contributed by atoms with van der Waals surface area (Å²) in [5, 5.41) is 5.48. The van der Waals surface area contributed by atoms with Gasteiger partial charge in [0.05, 0.1) is 19.6 Å². The molecule has 9 heteroatoms. The Morgan fingerprint density at radius 3 is 2.33 bits per heavy atom. The number of amides is 1. The quantitative estimate of drug-likeness (QED) is 0.702. The van der Waals surface area contributed by atoms with Gasteiger partial charge in [0.1, 0.15) is 5.75 Å². The second-order valence-corrected chi connectivity index (χ2v) is 4.87. The van der Waals surface area contributed by atoms with Gasteiger partial charge in [-0.1, -0.05) is 12.1 Å². The second-order valence-electron chi connectivity index (χ2n) is 4.87. The Labute approximate surface area is 137 Å². The third kappa shape index (κ3) is 7.32. The van der Waals surface area contributed by atoms with Gasteiger partial charge in [-0.25, -0.2) is 0 Å². The summed E-state index contributed by atoms with van der Waals surface area (Å²) >= 11 is 0. The number of methoxy groups -OCH3 is 1. The first-order chi connectivity index (χ1) is 11.2. The van der Waals surface area contributed by atoms with E-state index < -0.39 is 18.4 Å². The summed E-state index contributed by atoms with van der Waals surface area (Å²) < 4.78 is 44.9. The van der Waals surface area contributed by atoms with Gasteiger partial charge in [-0.05, 0) is 24.7 Å². The third-order valence-electron chi connectivity index (χ3n) is 3.05. The van der Waals surface area contributed by atoms with E-state index in [0.717, 1.165) is 12.1 Å². The summed E-state index contributed by atoms with van der Waals surface area (Å²) in [4.78, 5) is 23.3. The van der Waals surface area contributed by atoms with E-state index in [1.165, 1.54) is 19.2 Å². The van der Waals surface area contributed by atoms with Crippen molar-refractivity contribution in [3.8, 4) is 5.75 Å². The van der Waals surface area contributed by atoms with Crippen molar-refractivity contribution in [2.24, 2.45) is 0 Å². The van der Waals surface area contributed by atoms with Gasteiger partial charge in [-0.3, -0.25) is 9.59 Å². The van der Waals surface area contributed by atoms with Crippen LogP contribution >= 0.6 is 0 Å². The van der Waals surface area contributed by atoms with E-state index >= 15 is 0 Å². The lowest BCUT2D eigenvalue weighted by Gasteiger charge is -2.19. The Hall–Kier alpha value is -2.29. The number of esters is 1. The van der Waals surface area contributed by atoms with Crippen LogP contribution in [0.15, 0.2) is 24.3 Å². The minimum absolute atomic E-state index is 0.138. The van der Waals surface area contributed by atoms with E-state index in [4.69, 9.17) is 0 Å². The van der Waals surface area contributed by atoms with Crippen molar-refractivity contribution in [1.82, 2.24) is 10.6 Å². The molecule has 0 fully saturated rings. The van der Waals surface area contributed by atoms with Crippen LogP contribution in [0.25, 0.3) is 0 Å². The molecule has 0 bridgehead atoms. The Bertz CT molecular complexity index is 547. The lowest BCUT2D eigenvalue weighted by atomic mass is 10.0. The standard InChI is InChI=1S/C15H19F3N2O4/c1-19-8-7-13(21)20-12(9-14(22)23-2)10-3-5-11(6-4-10)24-15(16,17)18/h3-6,12,19H,7-9H2,1-2H3,(H,20,21). The molecule has 6 nitrogen and oxygen atoms in total. The predicted molar refractivity (Wildman–Crippen MR) is 79.2 cm³/mol. The van der Waals surface area contributed by atoms with E-state index in [9.17, 15) is 22.8 Å². The number of ether oxygens (including phenoxy) is 2. The van der Waals surface area contributed by atoms with Crippen molar-refractivity contribution in [2.75, 3.05) is 20.7 Å². The fraction of sp³-hybridized carbons (Fsp3) is 0.467. The molecule has 1 unspecified atom stereocenters. The molecule has 134 valence electrons. The highest BCUT2D eigenvalue weighted by Gasteiger charge is 2.31. The molecule has 2 N–H and O–H groups in total. The molecular formula is C15H19F3N2O4. The fourth-order valence-electron chi connectivity index (χ4n) is 1.91. The Morgan fingerprint density at radius 1 is 1.21 bits per heavy atom. The van der Waals surface area contributed by atoms with Crippen LogP contribution in [0, 0.1) is 0 Å². The molecule has 1 aromatic rings. The largest absolute Gasteiger partial charge is 0.573 e. The number of rotatable bonds is 8. The van der Waals surface area contributed by atoms with Crippen molar-refractivity contribution < 1.29 is 32.2 Å². The molecule has 1 atom stereocenters. The van der Waals surface area contributed by atoms with Gasteiger partial charge in [-0.2, -0.15) is 0 Å². The predicted octanol–water partition coefficient (Wildman–Crippen LogP) is 1.92. The van der Waals surface area contributed by atoms with Gasteiger partial charge < -0.3 is 20.1 Å². The smallest absolute Gasteiger partial charge is 0.469 e. The van der Waals surface area contributed by atoms with E-state index in [2.05, 4.69) is 20.1 Å². The molecule has 1 rings (SSSR count). The zero-order valence-corrected chi connectivity index (χ0v) is 13.3. The van der Waals surface area contributed by atoms with E-state index in [-0.39, 0.29) is 24.5 Å². The van der Waals surface area contributed by atoms with Crippen LogP contribution in [-0.4, -0.2) is 38.9 Å². The monoisotopic (exact) mass is 348 g/mol. The molecule has 0 aliphatic rings. The van der Waals surface area contributed by atoms with E-state index in [1.807, 2.05) is 0 Å². The average Bonchev–Trinajstić information content (AvgIpc) is 2.51. The normalized spacial score (nSPS) is 12.4. The third-order valence-corrected chi connectivity index (χ3v) is 3.05. The van der Waals surface area contributed by atoms with Gasteiger partial charge >= 0.3 is 12.3 Å². The molecule has 0 aromatic heterocycles. The number of hydrogen-bond acceptors (Lipinski definition) is 5. The number of halogens is 3. The first kappa shape index (κ1) is 19.8. The van der Waals surface area contributed by atoms with Crippen LogP contribution in [0.3, 0.4) is 0 Å². The van der Waals surface area contributed by atoms with Gasteiger partial charge in [0, 0.05) is 13.0 Å². The molecule has 0 spiro atoms. The minimum atomic E-state index is -4.78. The highest BCUT2D eigenvalue weighted by atomic mass is 19.4.